The largest absolute Gasteiger partial charge is 0.495 e. The predicted molar refractivity (Wildman–Crippen MR) is 127 cm³/mol. The van der Waals surface area contributed by atoms with Gasteiger partial charge in [-0.1, -0.05) is 29.3 Å². The zero-order valence-corrected chi connectivity index (χ0v) is 19.4. The third-order valence-corrected chi connectivity index (χ3v) is 5.34. The third kappa shape index (κ3) is 5.00. The van der Waals surface area contributed by atoms with Crippen LogP contribution in [0, 0.1) is 27.7 Å². The molecule has 0 saturated heterocycles. The number of carbonyl (C=O) groups is 2. The number of anilines is 1. The van der Waals surface area contributed by atoms with Gasteiger partial charge in [-0.15, -0.1) is 0 Å². The third-order valence-electron chi connectivity index (χ3n) is 5.05. The molecule has 0 fully saturated rings. The SMILES string of the molecule is COc1ccc(NC(=O)C(=O)N/N=C\c2cc(C)n(-c3ccc(C)cc3C)c2C)cc1Cl. The first-order chi connectivity index (χ1) is 15.2. The van der Waals surface area contributed by atoms with Crippen molar-refractivity contribution in [3.63, 3.8) is 0 Å². The highest BCUT2D eigenvalue weighted by molar-refractivity contribution is 6.40. The van der Waals surface area contributed by atoms with Crippen molar-refractivity contribution in [3.05, 3.63) is 75.6 Å². The Morgan fingerprint density at radius 2 is 1.78 bits per heavy atom. The summed E-state index contributed by atoms with van der Waals surface area (Å²) < 4.78 is 7.20. The first-order valence-corrected chi connectivity index (χ1v) is 10.3. The molecule has 0 aliphatic carbocycles. The summed E-state index contributed by atoms with van der Waals surface area (Å²) in [5.41, 5.74) is 8.94. The predicted octanol–water partition coefficient (Wildman–Crippen LogP) is 4.46. The Morgan fingerprint density at radius 3 is 2.44 bits per heavy atom. The molecule has 2 N–H and O–H groups in total. The molecule has 1 aromatic heterocycles. The summed E-state index contributed by atoms with van der Waals surface area (Å²) in [4.78, 5) is 24.2. The number of halogens is 1. The van der Waals surface area contributed by atoms with Crippen LogP contribution in [-0.4, -0.2) is 29.7 Å². The molecule has 8 heteroatoms. The van der Waals surface area contributed by atoms with E-state index in [2.05, 4.69) is 52.5 Å². The highest BCUT2D eigenvalue weighted by Crippen LogP contribution is 2.27. The van der Waals surface area contributed by atoms with Crippen LogP contribution in [0.2, 0.25) is 5.02 Å². The van der Waals surface area contributed by atoms with Crippen molar-refractivity contribution in [2.45, 2.75) is 27.7 Å². The van der Waals surface area contributed by atoms with E-state index in [9.17, 15) is 9.59 Å². The van der Waals surface area contributed by atoms with Crippen LogP contribution in [0.1, 0.15) is 28.1 Å². The number of aromatic nitrogens is 1. The van der Waals surface area contributed by atoms with Crippen LogP contribution in [0.4, 0.5) is 5.69 Å². The average Bonchev–Trinajstić information content (AvgIpc) is 3.01. The van der Waals surface area contributed by atoms with Crippen molar-refractivity contribution in [1.82, 2.24) is 9.99 Å². The first kappa shape index (κ1) is 23.1. The van der Waals surface area contributed by atoms with Crippen molar-refractivity contribution in [2.75, 3.05) is 12.4 Å². The van der Waals surface area contributed by atoms with Gasteiger partial charge in [0.1, 0.15) is 5.75 Å². The molecule has 166 valence electrons. The second-order valence-electron chi connectivity index (χ2n) is 7.45. The van der Waals surface area contributed by atoms with Gasteiger partial charge in [0.25, 0.3) is 0 Å². The number of rotatable bonds is 5. The van der Waals surface area contributed by atoms with E-state index in [-0.39, 0.29) is 0 Å². The molecule has 0 unspecified atom stereocenters. The maximum atomic E-state index is 12.1. The maximum absolute atomic E-state index is 12.1. The summed E-state index contributed by atoms with van der Waals surface area (Å²) in [7, 11) is 1.49. The molecule has 2 aromatic carbocycles. The van der Waals surface area contributed by atoms with Crippen molar-refractivity contribution in [1.29, 1.82) is 0 Å². The van der Waals surface area contributed by atoms with E-state index < -0.39 is 11.8 Å². The normalized spacial score (nSPS) is 10.9. The van der Waals surface area contributed by atoms with Crippen LogP contribution in [0.25, 0.3) is 5.69 Å². The maximum Gasteiger partial charge on any atom is 0.329 e. The minimum Gasteiger partial charge on any atom is -0.495 e. The first-order valence-electron chi connectivity index (χ1n) is 9.95. The van der Waals surface area contributed by atoms with Gasteiger partial charge in [0.05, 0.1) is 18.3 Å². The minimum absolute atomic E-state index is 0.322. The van der Waals surface area contributed by atoms with E-state index in [0.717, 1.165) is 22.6 Å². The van der Waals surface area contributed by atoms with Gasteiger partial charge >= 0.3 is 11.8 Å². The van der Waals surface area contributed by atoms with Gasteiger partial charge in [-0.05, 0) is 63.6 Å². The smallest absolute Gasteiger partial charge is 0.329 e. The Morgan fingerprint density at radius 1 is 1.03 bits per heavy atom. The monoisotopic (exact) mass is 452 g/mol. The second kappa shape index (κ2) is 9.70. The number of aryl methyl sites for hydroxylation is 3. The molecular formula is C24H25ClN4O3. The van der Waals surface area contributed by atoms with Crippen molar-refractivity contribution >= 4 is 35.3 Å². The van der Waals surface area contributed by atoms with Gasteiger partial charge in [0.15, 0.2) is 0 Å². The van der Waals surface area contributed by atoms with E-state index in [0.29, 0.717) is 16.5 Å². The van der Waals surface area contributed by atoms with Gasteiger partial charge in [-0.2, -0.15) is 5.10 Å². The fraction of sp³-hybridized carbons (Fsp3) is 0.208. The minimum atomic E-state index is -0.892. The Bertz CT molecular complexity index is 1210. The number of nitrogens with zero attached hydrogens (tertiary/aromatic N) is 2. The Kier molecular flexibility index (Phi) is 7.00. The molecule has 3 rings (SSSR count). The fourth-order valence-corrected chi connectivity index (χ4v) is 3.75. The van der Waals surface area contributed by atoms with Crippen LogP contribution in [0.5, 0.6) is 5.75 Å². The van der Waals surface area contributed by atoms with Gasteiger partial charge in [-0.25, -0.2) is 5.43 Å². The van der Waals surface area contributed by atoms with Gasteiger partial charge < -0.3 is 14.6 Å². The van der Waals surface area contributed by atoms with E-state index in [1.807, 2.05) is 19.9 Å². The molecule has 0 aliphatic rings. The topological polar surface area (TPSA) is 84.7 Å². The summed E-state index contributed by atoms with van der Waals surface area (Å²) in [6, 6.07) is 12.9. The van der Waals surface area contributed by atoms with Crippen LogP contribution in [0.3, 0.4) is 0 Å². The molecule has 0 bridgehead atoms. The van der Waals surface area contributed by atoms with Crippen LogP contribution in [0.15, 0.2) is 47.6 Å². The summed E-state index contributed by atoms with van der Waals surface area (Å²) in [5, 5.41) is 6.74. The summed E-state index contributed by atoms with van der Waals surface area (Å²) in [6.45, 7) is 8.13. The lowest BCUT2D eigenvalue weighted by Crippen LogP contribution is -2.32. The average molecular weight is 453 g/mol. The summed E-state index contributed by atoms with van der Waals surface area (Å²) in [6.07, 6.45) is 1.53. The lowest BCUT2D eigenvalue weighted by atomic mass is 10.1. The van der Waals surface area contributed by atoms with Gasteiger partial charge in [-0.3, -0.25) is 9.59 Å². The highest BCUT2D eigenvalue weighted by Gasteiger charge is 2.15. The zero-order chi connectivity index (χ0) is 23.4. The number of methoxy groups -OCH3 is 1. The summed E-state index contributed by atoms with van der Waals surface area (Å²) >= 11 is 6.03. The molecule has 7 nitrogen and oxygen atoms in total. The van der Waals surface area contributed by atoms with E-state index in [4.69, 9.17) is 16.3 Å². The number of hydrogen-bond donors (Lipinski definition) is 2. The molecule has 0 aliphatic heterocycles. The number of amides is 2. The Labute approximate surface area is 192 Å². The fourth-order valence-electron chi connectivity index (χ4n) is 3.49. The number of ether oxygens (including phenoxy) is 1. The quantitative estimate of drug-likeness (QED) is 0.340. The molecule has 3 aromatic rings. The van der Waals surface area contributed by atoms with E-state index in [1.165, 1.54) is 30.5 Å². The number of hydrogen-bond acceptors (Lipinski definition) is 4. The zero-order valence-electron chi connectivity index (χ0n) is 18.6. The molecule has 2 amide bonds. The lowest BCUT2D eigenvalue weighted by molar-refractivity contribution is -0.136. The van der Waals surface area contributed by atoms with Crippen LogP contribution < -0.4 is 15.5 Å². The Balaban J connectivity index is 1.68. The molecule has 0 saturated carbocycles. The van der Waals surface area contributed by atoms with Gasteiger partial charge in [0.2, 0.25) is 0 Å². The van der Waals surface area contributed by atoms with Crippen molar-refractivity contribution in [3.8, 4) is 11.4 Å². The van der Waals surface area contributed by atoms with Crippen molar-refractivity contribution in [2.24, 2.45) is 5.10 Å². The van der Waals surface area contributed by atoms with Gasteiger partial charge in [0, 0.05) is 28.3 Å². The standard InChI is InChI=1S/C24H25ClN4O3/c1-14-6-8-21(15(2)10-14)29-16(3)11-18(17(29)4)13-26-28-24(31)23(30)27-19-7-9-22(32-5)20(25)12-19/h6-13H,1-5H3,(H,27,30)(H,28,31)/b26-13-. The number of carbonyl (C=O) groups excluding carboxylic acids is 2. The molecule has 1 heterocycles. The number of nitrogens with one attached hydrogen (secondary N) is 2. The number of hydrazone groups is 1. The second-order valence-corrected chi connectivity index (χ2v) is 7.86. The van der Waals surface area contributed by atoms with E-state index >= 15 is 0 Å². The van der Waals surface area contributed by atoms with Crippen molar-refractivity contribution < 1.29 is 14.3 Å². The Hall–Kier alpha value is -3.58. The van der Waals surface area contributed by atoms with Crippen LogP contribution >= 0.6 is 11.6 Å². The summed E-state index contributed by atoms with van der Waals surface area (Å²) in [5.74, 6) is -1.28. The molecule has 0 spiro atoms. The molecule has 32 heavy (non-hydrogen) atoms. The highest BCUT2D eigenvalue weighted by atomic mass is 35.5. The molecule has 0 radical (unpaired) electrons. The number of benzene rings is 2. The van der Waals surface area contributed by atoms with E-state index in [1.54, 1.807) is 12.1 Å². The molecular weight excluding hydrogens is 428 g/mol. The van der Waals surface area contributed by atoms with Crippen LogP contribution in [-0.2, 0) is 9.59 Å². The lowest BCUT2D eigenvalue weighted by Gasteiger charge is -2.13. The molecule has 0 atom stereocenters.